The van der Waals surface area contributed by atoms with E-state index in [4.69, 9.17) is 37.7 Å². The standard InChI is InChI=1S/C33H29Cl2N7O3/c1-17-38-23-10-5-13-36-31(23)32(39-17)41-22-9-4-7-20(30(22)35)19-6-3-8-21(29(19)34)24-14-26-28(33(42-24)44-2)25(16-45-26)37-15-18-11-12-27(43)40-18/h3-10,13-14,18,25,37H,11-12,15-16H2,1-2H3,(H,40,43)(H,38,39,41)/t18-,25-/m0/s1. The molecule has 12 heteroatoms. The minimum Gasteiger partial charge on any atom is -0.491 e. The second-order valence-electron chi connectivity index (χ2n) is 11.0. The number of anilines is 2. The Morgan fingerprint density at radius 2 is 1.82 bits per heavy atom. The van der Waals surface area contributed by atoms with Gasteiger partial charge in [-0.25, -0.2) is 15.0 Å². The fourth-order valence-electron chi connectivity index (χ4n) is 5.85. The fraction of sp³-hybridized carbons (Fsp3) is 0.242. The first kappa shape index (κ1) is 29.2. The highest BCUT2D eigenvalue weighted by atomic mass is 35.5. The summed E-state index contributed by atoms with van der Waals surface area (Å²) in [5.74, 6) is 2.40. The van der Waals surface area contributed by atoms with Crippen molar-refractivity contribution >= 4 is 51.6 Å². The van der Waals surface area contributed by atoms with Crippen LogP contribution in [0.2, 0.25) is 10.0 Å². The first-order chi connectivity index (χ1) is 21.9. The molecule has 3 N–H and O–H groups in total. The molecule has 2 aliphatic heterocycles. The zero-order valence-corrected chi connectivity index (χ0v) is 26.0. The first-order valence-electron chi connectivity index (χ1n) is 14.6. The van der Waals surface area contributed by atoms with Crippen LogP contribution in [0.1, 0.15) is 30.3 Å². The Bertz CT molecular complexity index is 1950. The molecule has 2 atom stereocenters. The Hall–Kier alpha value is -4.51. The SMILES string of the molecule is COc1nc(-c2cccc(-c3cccc(Nc4nc(C)nc5cccnc45)c3Cl)c2Cl)cc2c1[C@@H](NC[C@@H]1CCC(=O)N1)CO2. The van der Waals surface area contributed by atoms with Crippen molar-refractivity contribution in [2.75, 3.05) is 25.6 Å². The number of pyridine rings is 2. The number of methoxy groups -OCH3 is 1. The van der Waals surface area contributed by atoms with Crippen LogP contribution in [0.15, 0.2) is 60.8 Å². The van der Waals surface area contributed by atoms with E-state index in [9.17, 15) is 4.79 Å². The molecule has 0 bridgehead atoms. The van der Waals surface area contributed by atoms with Gasteiger partial charge in [-0.15, -0.1) is 0 Å². The van der Waals surface area contributed by atoms with Crippen LogP contribution in [0.4, 0.5) is 11.5 Å². The van der Waals surface area contributed by atoms with Crippen LogP contribution in [-0.4, -0.2) is 52.1 Å². The monoisotopic (exact) mass is 641 g/mol. The van der Waals surface area contributed by atoms with E-state index in [0.717, 1.165) is 28.6 Å². The molecule has 2 aliphatic rings. The van der Waals surface area contributed by atoms with Crippen molar-refractivity contribution in [2.45, 2.75) is 31.8 Å². The summed E-state index contributed by atoms with van der Waals surface area (Å²) in [6, 6.07) is 17.1. The third kappa shape index (κ3) is 5.61. The van der Waals surface area contributed by atoms with Crippen molar-refractivity contribution in [1.82, 2.24) is 30.6 Å². The van der Waals surface area contributed by atoms with Gasteiger partial charge in [0.05, 0.1) is 45.7 Å². The van der Waals surface area contributed by atoms with Crippen LogP contribution in [0.5, 0.6) is 11.6 Å². The number of hydrogen-bond donors (Lipinski definition) is 3. The summed E-state index contributed by atoms with van der Waals surface area (Å²) in [6.07, 6.45) is 3.07. The third-order valence-corrected chi connectivity index (χ3v) is 8.83. The summed E-state index contributed by atoms with van der Waals surface area (Å²) >= 11 is 14.1. The van der Waals surface area contributed by atoms with E-state index in [-0.39, 0.29) is 18.0 Å². The molecule has 7 rings (SSSR count). The lowest BCUT2D eigenvalue weighted by molar-refractivity contribution is -0.119. The Balaban J connectivity index is 1.20. The number of rotatable bonds is 8. The number of nitrogens with one attached hydrogen (secondary N) is 3. The summed E-state index contributed by atoms with van der Waals surface area (Å²) in [5, 5.41) is 10.8. The first-order valence-corrected chi connectivity index (χ1v) is 15.3. The predicted octanol–water partition coefficient (Wildman–Crippen LogP) is 6.42. The molecule has 1 saturated heterocycles. The van der Waals surface area contributed by atoms with Crippen molar-refractivity contribution in [2.24, 2.45) is 0 Å². The molecule has 3 aromatic heterocycles. The van der Waals surface area contributed by atoms with Crippen LogP contribution >= 0.6 is 23.2 Å². The molecule has 0 saturated carbocycles. The van der Waals surface area contributed by atoms with Gasteiger partial charge in [0.15, 0.2) is 5.82 Å². The molecule has 0 spiro atoms. The number of fused-ring (bicyclic) bond motifs is 2. The van der Waals surface area contributed by atoms with Gasteiger partial charge in [0.1, 0.15) is 23.7 Å². The average Bonchev–Trinajstić information content (AvgIpc) is 3.66. The van der Waals surface area contributed by atoms with Crippen molar-refractivity contribution in [1.29, 1.82) is 0 Å². The van der Waals surface area contributed by atoms with Gasteiger partial charge in [0.2, 0.25) is 11.8 Å². The summed E-state index contributed by atoms with van der Waals surface area (Å²) in [7, 11) is 1.59. The molecule has 0 radical (unpaired) electrons. The lowest BCUT2D eigenvalue weighted by atomic mass is 9.99. The van der Waals surface area contributed by atoms with E-state index < -0.39 is 0 Å². The van der Waals surface area contributed by atoms with E-state index in [1.165, 1.54) is 0 Å². The molecule has 5 aromatic rings. The zero-order chi connectivity index (χ0) is 31.1. The number of carbonyl (C=O) groups excluding carboxylic acids is 1. The van der Waals surface area contributed by atoms with Crippen LogP contribution < -0.4 is 25.4 Å². The quantitative estimate of drug-likeness (QED) is 0.176. The number of aromatic nitrogens is 4. The van der Waals surface area contributed by atoms with Crippen molar-refractivity contribution in [3.63, 3.8) is 0 Å². The number of hydrogen-bond acceptors (Lipinski definition) is 9. The molecular formula is C33H29Cl2N7O3. The lowest BCUT2D eigenvalue weighted by Crippen LogP contribution is -2.37. The number of halogens is 2. The maximum Gasteiger partial charge on any atom is 0.222 e. The Morgan fingerprint density at radius 3 is 2.62 bits per heavy atom. The van der Waals surface area contributed by atoms with Crippen LogP contribution in [0.25, 0.3) is 33.4 Å². The summed E-state index contributed by atoms with van der Waals surface area (Å²) in [6.45, 7) is 2.90. The van der Waals surface area contributed by atoms with Gasteiger partial charge in [0, 0.05) is 48.0 Å². The second-order valence-corrected chi connectivity index (χ2v) is 11.7. The Morgan fingerprint density at radius 1 is 1.02 bits per heavy atom. The largest absolute Gasteiger partial charge is 0.491 e. The summed E-state index contributed by atoms with van der Waals surface area (Å²) in [5.41, 5.74) is 5.69. The van der Waals surface area contributed by atoms with Gasteiger partial charge in [-0.2, -0.15) is 0 Å². The van der Waals surface area contributed by atoms with Gasteiger partial charge in [-0.05, 0) is 31.5 Å². The molecule has 5 heterocycles. The van der Waals surface area contributed by atoms with Gasteiger partial charge in [0.25, 0.3) is 0 Å². The smallest absolute Gasteiger partial charge is 0.222 e. The van der Waals surface area contributed by atoms with Crippen molar-refractivity contribution in [3.8, 4) is 34.0 Å². The molecule has 1 fully saturated rings. The fourth-order valence-corrected chi connectivity index (χ4v) is 6.45. The van der Waals surface area contributed by atoms with Crippen molar-refractivity contribution in [3.05, 3.63) is 82.2 Å². The number of benzene rings is 2. The van der Waals surface area contributed by atoms with Crippen LogP contribution in [0, 0.1) is 6.92 Å². The number of carbonyl (C=O) groups is 1. The topological polar surface area (TPSA) is 123 Å². The number of aryl methyl sites for hydroxylation is 1. The Labute approximate surface area is 269 Å². The Kier molecular flexibility index (Phi) is 7.87. The summed E-state index contributed by atoms with van der Waals surface area (Å²) in [4.78, 5) is 30.0. The molecule has 0 unspecified atom stereocenters. The lowest BCUT2D eigenvalue weighted by Gasteiger charge is -2.18. The molecule has 10 nitrogen and oxygen atoms in total. The van der Waals surface area contributed by atoms with E-state index in [1.54, 1.807) is 13.3 Å². The number of ether oxygens (including phenoxy) is 2. The second kappa shape index (κ2) is 12.1. The maximum absolute atomic E-state index is 11.6. The molecule has 228 valence electrons. The van der Waals surface area contributed by atoms with Crippen LogP contribution in [-0.2, 0) is 4.79 Å². The third-order valence-electron chi connectivity index (χ3n) is 8.01. The van der Waals surface area contributed by atoms with Gasteiger partial charge in [-0.1, -0.05) is 53.5 Å². The van der Waals surface area contributed by atoms with Crippen LogP contribution in [0.3, 0.4) is 0 Å². The highest BCUT2D eigenvalue weighted by molar-refractivity contribution is 6.39. The van der Waals surface area contributed by atoms with E-state index in [1.807, 2.05) is 61.5 Å². The number of amides is 1. The molecule has 2 aromatic carbocycles. The highest BCUT2D eigenvalue weighted by Gasteiger charge is 2.32. The summed E-state index contributed by atoms with van der Waals surface area (Å²) < 4.78 is 11.8. The molecular weight excluding hydrogens is 613 g/mol. The van der Waals surface area contributed by atoms with Gasteiger partial charge in [-0.3, -0.25) is 9.78 Å². The van der Waals surface area contributed by atoms with E-state index >= 15 is 0 Å². The molecule has 0 aliphatic carbocycles. The predicted molar refractivity (Wildman–Crippen MR) is 174 cm³/mol. The molecule has 45 heavy (non-hydrogen) atoms. The van der Waals surface area contributed by atoms with E-state index in [0.29, 0.717) is 75.4 Å². The van der Waals surface area contributed by atoms with E-state index in [2.05, 4.69) is 30.9 Å². The van der Waals surface area contributed by atoms with Gasteiger partial charge >= 0.3 is 0 Å². The maximum atomic E-state index is 11.6. The number of nitrogens with zero attached hydrogens (tertiary/aromatic N) is 4. The minimum absolute atomic E-state index is 0.0869. The zero-order valence-electron chi connectivity index (χ0n) is 24.5. The van der Waals surface area contributed by atoms with Gasteiger partial charge < -0.3 is 25.4 Å². The normalized spacial score (nSPS) is 17.2. The molecule has 1 amide bonds. The average molecular weight is 643 g/mol. The highest BCUT2D eigenvalue weighted by Crippen LogP contribution is 2.45. The van der Waals surface area contributed by atoms with Crippen molar-refractivity contribution < 1.29 is 14.3 Å². The minimum atomic E-state index is -0.115.